The Morgan fingerprint density at radius 1 is 1.00 bits per heavy atom. The molecule has 0 saturated carbocycles. The Bertz CT molecular complexity index is 628. The second-order valence-electron chi connectivity index (χ2n) is 4.20. The number of aliphatic hydroxyl groups excluding tert-OH is 1. The molecule has 100 valence electrons. The average molecular weight is 331 g/mol. The first-order valence-electron chi connectivity index (χ1n) is 5.48. The predicted molar refractivity (Wildman–Crippen MR) is 69.3 cm³/mol. The number of halogens is 4. The van der Waals surface area contributed by atoms with Gasteiger partial charge in [0.15, 0.2) is 0 Å². The van der Waals surface area contributed by atoms with Gasteiger partial charge in [0.2, 0.25) is 0 Å². The summed E-state index contributed by atoms with van der Waals surface area (Å²) in [5.41, 5.74) is 0.353. The highest BCUT2D eigenvalue weighted by molar-refractivity contribution is 9.10. The van der Waals surface area contributed by atoms with Gasteiger partial charge < -0.3 is 5.11 Å². The Morgan fingerprint density at radius 3 is 2.32 bits per heavy atom. The van der Waals surface area contributed by atoms with Crippen molar-refractivity contribution < 1.29 is 18.3 Å². The second kappa shape index (κ2) is 5.35. The second-order valence-corrected chi connectivity index (χ2v) is 5.05. The highest BCUT2D eigenvalue weighted by Crippen LogP contribution is 2.29. The van der Waals surface area contributed by atoms with Gasteiger partial charge in [0.25, 0.3) is 0 Å². The summed E-state index contributed by atoms with van der Waals surface area (Å²) in [7, 11) is 0. The van der Waals surface area contributed by atoms with E-state index in [2.05, 4.69) is 15.9 Å². The first kappa shape index (κ1) is 14.1. The zero-order valence-electron chi connectivity index (χ0n) is 9.92. The van der Waals surface area contributed by atoms with Gasteiger partial charge in [0.1, 0.15) is 23.6 Å². The van der Waals surface area contributed by atoms with Crippen LogP contribution in [0, 0.1) is 24.4 Å². The predicted octanol–water partition coefficient (Wildman–Crippen LogP) is 4.26. The van der Waals surface area contributed by atoms with Gasteiger partial charge in [-0.1, -0.05) is 12.1 Å². The van der Waals surface area contributed by atoms with Gasteiger partial charge in [-0.25, -0.2) is 13.2 Å². The molecule has 19 heavy (non-hydrogen) atoms. The molecule has 1 unspecified atom stereocenters. The van der Waals surface area contributed by atoms with Crippen LogP contribution in [0.2, 0.25) is 0 Å². The van der Waals surface area contributed by atoms with Crippen molar-refractivity contribution >= 4 is 15.9 Å². The molecule has 0 fully saturated rings. The van der Waals surface area contributed by atoms with Crippen LogP contribution in [0.1, 0.15) is 22.8 Å². The van der Waals surface area contributed by atoms with Crippen LogP contribution in [0.15, 0.2) is 34.8 Å². The molecule has 1 N–H and O–H groups in total. The molecule has 0 heterocycles. The van der Waals surface area contributed by atoms with E-state index in [1.165, 1.54) is 12.1 Å². The fourth-order valence-corrected chi connectivity index (χ4v) is 2.02. The number of aryl methyl sites for hydroxylation is 1. The molecular weight excluding hydrogens is 321 g/mol. The van der Waals surface area contributed by atoms with E-state index in [0.717, 1.165) is 18.2 Å². The molecule has 0 aliphatic rings. The minimum Gasteiger partial charge on any atom is -0.384 e. The van der Waals surface area contributed by atoms with Crippen molar-refractivity contribution in [2.24, 2.45) is 0 Å². The molecule has 0 saturated heterocycles. The highest BCUT2D eigenvalue weighted by Gasteiger charge is 2.18. The lowest BCUT2D eigenvalue weighted by atomic mass is 9.99. The molecule has 0 amide bonds. The van der Waals surface area contributed by atoms with Crippen LogP contribution in [0.3, 0.4) is 0 Å². The van der Waals surface area contributed by atoms with E-state index in [1.54, 1.807) is 6.92 Å². The number of hydrogen-bond acceptors (Lipinski definition) is 1. The Morgan fingerprint density at radius 2 is 1.68 bits per heavy atom. The van der Waals surface area contributed by atoms with E-state index in [1.807, 2.05) is 0 Å². The minimum absolute atomic E-state index is 0.0314. The Labute approximate surface area is 116 Å². The first-order chi connectivity index (χ1) is 8.90. The van der Waals surface area contributed by atoms with Gasteiger partial charge in [-0.3, -0.25) is 0 Å². The van der Waals surface area contributed by atoms with Crippen molar-refractivity contribution in [3.8, 4) is 0 Å². The van der Waals surface area contributed by atoms with Crippen molar-refractivity contribution in [1.82, 2.24) is 0 Å². The third kappa shape index (κ3) is 2.82. The minimum atomic E-state index is -1.42. The summed E-state index contributed by atoms with van der Waals surface area (Å²) in [5.74, 6) is -1.96. The summed E-state index contributed by atoms with van der Waals surface area (Å²) in [6.07, 6.45) is -1.42. The molecule has 1 nitrogen and oxygen atoms in total. The fraction of sp³-hybridized carbons (Fsp3) is 0.143. The molecule has 0 radical (unpaired) electrons. The van der Waals surface area contributed by atoms with Crippen LogP contribution >= 0.6 is 15.9 Å². The van der Waals surface area contributed by atoms with E-state index in [4.69, 9.17) is 0 Å². The molecule has 5 heteroatoms. The van der Waals surface area contributed by atoms with E-state index < -0.39 is 23.6 Å². The molecule has 0 spiro atoms. The molecule has 0 aliphatic carbocycles. The topological polar surface area (TPSA) is 20.2 Å². The maximum atomic E-state index is 13.7. The third-order valence-electron chi connectivity index (χ3n) is 2.85. The molecule has 0 aromatic heterocycles. The molecule has 2 aromatic rings. The molecule has 1 atom stereocenters. The normalized spacial score (nSPS) is 12.5. The Hall–Kier alpha value is -1.33. The van der Waals surface area contributed by atoms with Crippen LogP contribution in [0.25, 0.3) is 0 Å². The van der Waals surface area contributed by atoms with Crippen molar-refractivity contribution in [3.63, 3.8) is 0 Å². The zero-order valence-corrected chi connectivity index (χ0v) is 11.5. The van der Waals surface area contributed by atoms with Crippen molar-refractivity contribution in [2.75, 3.05) is 0 Å². The third-order valence-corrected chi connectivity index (χ3v) is 3.45. The van der Waals surface area contributed by atoms with Gasteiger partial charge in [-0.2, -0.15) is 0 Å². The lowest BCUT2D eigenvalue weighted by molar-refractivity contribution is 0.213. The molecule has 0 aliphatic heterocycles. The highest BCUT2D eigenvalue weighted by atomic mass is 79.9. The van der Waals surface area contributed by atoms with E-state index in [0.29, 0.717) is 5.56 Å². The number of aliphatic hydroxyl groups is 1. The number of benzene rings is 2. The van der Waals surface area contributed by atoms with Gasteiger partial charge in [0, 0.05) is 5.56 Å². The maximum absolute atomic E-state index is 13.7. The van der Waals surface area contributed by atoms with Crippen LogP contribution < -0.4 is 0 Å². The van der Waals surface area contributed by atoms with Gasteiger partial charge in [-0.05, 0) is 52.2 Å². The largest absolute Gasteiger partial charge is 0.384 e. The molecular formula is C14H10BrF3O. The van der Waals surface area contributed by atoms with Crippen molar-refractivity contribution in [1.29, 1.82) is 0 Å². The Kier molecular flexibility index (Phi) is 3.96. The monoisotopic (exact) mass is 330 g/mol. The average Bonchev–Trinajstić information content (AvgIpc) is 2.36. The number of rotatable bonds is 2. The quantitative estimate of drug-likeness (QED) is 0.816. The smallest absolute Gasteiger partial charge is 0.137 e. The Balaban J connectivity index is 2.46. The van der Waals surface area contributed by atoms with E-state index >= 15 is 0 Å². The summed E-state index contributed by atoms with van der Waals surface area (Å²) in [4.78, 5) is 0. The van der Waals surface area contributed by atoms with Crippen molar-refractivity contribution in [3.05, 3.63) is 68.9 Å². The van der Waals surface area contributed by atoms with Crippen molar-refractivity contribution in [2.45, 2.75) is 13.0 Å². The lowest BCUT2D eigenvalue weighted by Crippen LogP contribution is -2.04. The van der Waals surface area contributed by atoms with E-state index in [-0.39, 0.29) is 15.6 Å². The first-order valence-corrected chi connectivity index (χ1v) is 6.28. The van der Waals surface area contributed by atoms with Crippen LogP contribution in [-0.2, 0) is 0 Å². The standard InChI is InChI=1S/C14H10BrF3O/c1-7-2-3-8(4-11(7)16)14(19)9-5-13(18)10(15)6-12(9)17/h2-6,14,19H,1H3. The van der Waals surface area contributed by atoms with Crippen LogP contribution in [-0.4, -0.2) is 5.11 Å². The summed E-state index contributed by atoms with van der Waals surface area (Å²) >= 11 is 2.85. The lowest BCUT2D eigenvalue weighted by Gasteiger charge is -2.13. The fourth-order valence-electron chi connectivity index (χ4n) is 1.71. The van der Waals surface area contributed by atoms with Gasteiger partial charge in [-0.15, -0.1) is 0 Å². The molecule has 2 rings (SSSR count). The summed E-state index contributed by atoms with van der Waals surface area (Å²) < 4.78 is 40.5. The van der Waals surface area contributed by atoms with Gasteiger partial charge >= 0.3 is 0 Å². The van der Waals surface area contributed by atoms with E-state index in [9.17, 15) is 18.3 Å². The maximum Gasteiger partial charge on any atom is 0.137 e. The number of hydrogen-bond donors (Lipinski definition) is 1. The zero-order chi connectivity index (χ0) is 14.2. The summed E-state index contributed by atoms with van der Waals surface area (Å²) in [6.45, 7) is 1.57. The SMILES string of the molecule is Cc1ccc(C(O)c2cc(F)c(Br)cc2F)cc1F. The van der Waals surface area contributed by atoms with Gasteiger partial charge in [0.05, 0.1) is 4.47 Å². The molecule has 0 bridgehead atoms. The van der Waals surface area contributed by atoms with Crippen LogP contribution in [0.4, 0.5) is 13.2 Å². The summed E-state index contributed by atoms with van der Waals surface area (Å²) in [5, 5.41) is 10.0. The molecule has 2 aromatic carbocycles. The van der Waals surface area contributed by atoms with Crippen LogP contribution in [0.5, 0.6) is 0 Å². The summed E-state index contributed by atoms with van der Waals surface area (Å²) in [6, 6.07) is 5.88.